The fourth-order valence-electron chi connectivity index (χ4n) is 1.90. The molecule has 0 aliphatic rings. The lowest BCUT2D eigenvalue weighted by atomic mass is 10.1. The quantitative estimate of drug-likeness (QED) is 0.742. The number of H-pyrrole nitrogens is 1. The highest BCUT2D eigenvalue weighted by Gasteiger charge is 2.13. The summed E-state index contributed by atoms with van der Waals surface area (Å²) in [5.74, 6) is 1.09. The van der Waals surface area contributed by atoms with Gasteiger partial charge in [-0.15, -0.1) is 10.2 Å². The summed E-state index contributed by atoms with van der Waals surface area (Å²) in [6.45, 7) is 0. The molecule has 21 heavy (non-hydrogen) atoms. The molecule has 9 heteroatoms. The van der Waals surface area contributed by atoms with Gasteiger partial charge in [-0.3, -0.25) is 9.89 Å². The Kier molecular flexibility index (Phi) is 3.43. The molecule has 1 N–H and O–H groups in total. The number of aromatic nitrogens is 4. The Morgan fingerprint density at radius 1 is 1.24 bits per heavy atom. The zero-order chi connectivity index (χ0) is 15.0. The second kappa shape index (κ2) is 5.26. The predicted octanol–water partition coefficient (Wildman–Crippen LogP) is 1.89. The van der Waals surface area contributed by atoms with Gasteiger partial charge in [0.15, 0.2) is 21.1 Å². The number of benzene rings is 1. The number of nitrogens with one attached hydrogen (secondary N) is 1. The molecule has 0 amide bonds. The summed E-state index contributed by atoms with van der Waals surface area (Å²) in [7, 11) is 3.07. The fourth-order valence-corrected chi connectivity index (χ4v) is 2.82. The van der Waals surface area contributed by atoms with Crippen LogP contribution in [0.1, 0.15) is 0 Å². The summed E-state index contributed by atoms with van der Waals surface area (Å²) in [4.78, 5) is 12.8. The molecule has 2 aromatic heterocycles. The second-order valence-electron chi connectivity index (χ2n) is 4.04. The smallest absolute Gasteiger partial charge is 0.300 e. The van der Waals surface area contributed by atoms with E-state index in [1.807, 2.05) is 0 Å². The predicted molar refractivity (Wildman–Crippen MR) is 80.9 cm³/mol. The number of ether oxygens (including phenoxy) is 2. The van der Waals surface area contributed by atoms with E-state index in [9.17, 15) is 4.79 Å². The van der Waals surface area contributed by atoms with E-state index in [1.165, 1.54) is 23.0 Å². The van der Waals surface area contributed by atoms with Gasteiger partial charge in [0.1, 0.15) is 0 Å². The van der Waals surface area contributed by atoms with Crippen LogP contribution in [0.5, 0.6) is 11.5 Å². The monoisotopic (exact) mass is 322 g/mol. The van der Waals surface area contributed by atoms with Gasteiger partial charge in [0, 0.05) is 5.56 Å². The Bertz CT molecular complexity index is 928. The molecule has 3 rings (SSSR count). The van der Waals surface area contributed by atoms with Gasteiger partial charge in [-0.1, -0.05) is 11.3 Å². The molecule has 0 saturated heterocycles. The third-order valence-corrected chi connectivity index (χ3v) is 3.94. The number of hydrogen-bond acceptors (Lipinski definition) is 7. The molecule has 0 saturated carbocycles. The summed E-state index contributed by atoms with van der Waals surface area (Å²) < 4.78 is 12.1. The second-order valence-corrected chi connectivity index (χ2v) is 5.69. The van der Waals surface area contributed by atoms with Crippen LogP contribution < -0.4 is 15.0 Å². The number of methoxy groups -OCH3 is 2. The molecule has 1 aromatic carbocycles. The standard InChI is InChI=1S/C12H10N4O3S2/c1-18-7-4-3-6(5-8(7)19-2)9-10(17)16-11(14-13-9)21-12(20)15-16/h3-5H,1-2H3,(H,15,20). The average Bonchev–Trinajstić information content (AvgIpc) is 2.88. The molecule has 0 unspecified atom stereocenters. The first-order chi connectivity index (χ1) is 10.1. The van der Waals surface area contributed by atoms with Gasteiger partial charge in [0.2, 0.25) is 4.96 Å². The van der Waals surface area contributed by atoms with Crippen molar-refractivity contribution in [1.29, 1.82) is 0 Å². The Balaban J connectivity index is 2.23. The van der Waals surface area contributed by atoms with Crippen LogP contribution in [0.3, 0.4) is 0 Å². The van der Waals surface area contributed by atoms with E-state index in [0.717, 1.165) is 0 Å². The molecule has 0 aliphatic heterocycles. The van der Waals surface area contributed by atoms with Crippen molar-refractivity contribution in [3.05, 3.63) is 32.5 Å². The molecule has 2 heterocycles. The Hall–Kier alpha value is -2.26. The zero-order valence-electron chi connectivity index (χ0n) is 11.1. The van der Waals surface area contributed by atoms with Crippen molar-refractivity contribution >= 4 is 28.5 Å². The fraction of sp³-hybridized carbons (Fsp3) is 0.167. The molecular formula is C12H10N4O3S2. The van der Waals surface area contributed by atoms with E-state index in [0.29, 0.717) is 26.0 Å². The molecule has 0 bridgehead atoms. The van der Waals surface area contributed by atoms with E-state index >= 15 is 0 Å². The highest BCUT2D eigenvalue weighted by atomic mass is 32.1. The molecular weight excluding hydrogens is 312 g/mol. The minimum Gasteiger partial charge on any atom is -0.493 e. The maximum Gasteiger partial charge on any atom is 0.300 e. The Morgan fingerprint density at radius 2 is 2.00 bits per heavy atom. The summed E-state index contributed by atoms with van der Waals surface area (Å²) in [5.41, 5.74) is 0.474. The van der Waals surface area contributed by atoms with Crippen molar-refractivity contribution in [2.45, 2.75) is 0 Å². The van der Waals surface area contributed by atoms with Crippen LogP contribution in [0.15, 0.2) is 23.0 Å². The van der Waals surface area contributed by atoms with Gasteiger partial charge in [-0.05, 0) is 30.4 Å². The maximum absolute atomic E-state index is 12.4. The number of hydrogen-bond donors (Lipinski definition) is 1. The van der Waals surface area contributed by atoms with Crippen molar-refractivity contribution < 1.29 is 9.47 Å². The number of aromatic amines is 1. The minimum atomic E-state index is -0.320. The lowest BCUT2D eigenvalue weighted by Crippen LogP contribution is -2.19. The molecule has 108 valence electrons. The molecule has 3 aromatic rings. The van der Waals surface area contributed by atoms with E-state index in [2.05, 4.69) is 15.3 Å². The maximum atomic E-state index is 12.4. The highest BCUT2D eigenvalue weighted by molar-refractivity contribution is 7.73. The largest absolute Gasteiger partial charge is 0.493 e. The number of fused-ring (bicyclic) bond motifs is 1. The lowest BCUT2D eigenvalue weighted by molar-refractivity contribution is 0.355. The summed E-state index contributed by atoms with van der Waals surface area (Å²) >= 11 is 6.19. The molecule has 0 radical (unpaired) electrons. The van der Waals surface area contributed by atoms with Crippen molar-refractivity contribution in [2.24, 2.45) is 0 Å². The van der Waals surface area contributed by atoms with E-state index in [4.69, 9.17) is 21.7 Å². The molecule has 0 fully saturated rings. The summed E-state index contributed by atoms with van der Waals surface area (Å²) in [5, 5.41) is 10.8. The number of rotatable bonds is 3. The van der Waals surface area contributed by atoms with E-state index < -0.39 is 0 Å². The summed E-state index contributed by atoms with van der Waals surface area (Å²) in [6.07, 6.45) is 0. The molecule has 0 aliphatic carbocycles. The van der Waals surface area contributed by atoms with Crippen LogP contribution in [0.25, 0.3) is 16.2 Å². The third-order valence-electron chi connectivity index (χ3n) is 2.88. The van der Waals surface area contributed by atoms with E-state index in [-0.39, 0.29) is 11.3 Å². The topological polar surface area (TPSA) is 81.5 Å². The van der Waals surface area contributed by atoms with Crippen molar-refractivity contribution in [3.63, 3.8) is 0 Å². The van der Waals surface area contributed by atoms with Crippen LogP contribution >= 0.6 is 23.6 Å². The average molecular weight is 322 g/mol. The molecule has 0 atom stereocenters. The third kappa shape index (κ3) is 2.30. The van der Waals surface area contributed by atoms with Crippen LogP contribution in [-0.2, 0) is 0 Å². The Labute approximate surface area is 127 Å². The lowest BCUT2D eigenvalue weighted by Gasteiger charge is -2.08. The van der Waals surface area contributed by atoms with Crippen LogP contribution in [0.4, 0.5) is 0 Å². The molecule has 0 spiro atoms. The van der Waals surface area contributed by atoms with Crippen molar-refractivity contribution in [1.82, 2.24) is 19.8 Å². The van der Waals surface area contributed by atoms with Crippen LogP contribution in [0, 0.1) is 3.95 Å². The Morgan fingerprint density at radius 3 is 2.71 bits per heavy atom. The van der Waals surface area contributed by atoms with Crippen molar-refractivity contribution in [2.75, 3.05) is 14.2 Å². The summed E-state index contributed by atoms with van der Waals surface area (Å²) in [6, 6.07) is 5.11. The zero-order valence-corrected chi connectivity index (χ0v) is 12.7. The first kappa shape index (κ1) is 13.7. The first-order valence-corrected chi connectivity index (χ1v) is 7.07. The first-order valence-electron chi connectivity index (χ1n) is 5.85. The van der Waals surface area contributed by atoms with Gasteiger partial charge in [-0.2, -0.15) is 4.52 Å². The SMILES string of the molecule is COc1ccc(-c2nnc3sc(=S)[nH]n3c2=O)cc1OC. The van der Waals surface area contributed by atoms with Gasteiger partial charge in [-0.25, -0.2) is 0 Å². The van der Waals surface area contributed by atoms with Gasteiger partial charge in [0.05, 0.1) is 14.2 Å². The molecule has 7 nitrogen and oxygen atoms in total. The van der Waals surface area contributed by atoms with Crippen LogP contribution in [-0.4, -0.2) is 34.0 Å². The van der Waals surface area contributed by atoms with Crippen LogP contribution in [0.2, 0.25) is 0 Å². The van der Waals surface area contributed by atoms with E-state index in [1.54, 1.807) is 25.3 Å². The number of nitrogens with zero attached hydrogens (tertiary/aromatic N) is 3. The van der Waals surface area contributed by atoms with Gasteiger partial charge >= 0.3 is 0 Å². The minimum absolute atomic E-state index is 0.206. The van der Waals surface area contributed by atoms with Crippen molar-refractivity contribution in [3.8, 4) is 22.8 Å². The highest BCUT2D eigenvalue weighted by Crippen LogP contribution is 2.30. The van der Waals surface area contributed by atoms with Gasteiger partial charge < -0.3 is 9.47 Å². The normalized spacial score (nSPS) is 10.8. The van der Waals surface area contributed by atoms with Gasteiger partial charge in [0.25, 0.3) is 5.56 Å².